The molecular weight excluding hydrogens is 365 g/mol. The van der Waals surface area contributed by atoms with Gasteiger partial charge in [-0.3, -0.25) is 14.9 Å². The Morgan fingerprint density at radius 3 is 2.76 bits per heavy atom. The van der Waals surface area contributed by atoms with Crippen LogP contribution in [-0.4, -0.2) is 23.8 Å². The second-order valence-electron chi connectivity index (χ2n) is 5.03. The second-order valence-corrected chi connectivity index (χ2v) is 6.90. The maximum Gasteiger partial charge on any atom is 0.306 e. The summed E-state index contributed by atoms with van der Waals surface area (Å²) in [5.74, 6) is -0.296. The molecule has 0 amide bonds. The van der Waals surface area contributed by atoms with Gasteiger partial charge in [0.25, 0.3) is 5.69 Å². The summed E-state index contributed by atoms with van der Waals surface area (Å²) in [5.41, 5.74) is -0.308. The van der Waals surface area contributed by atoms with Crippen LogP contribution in [0.4, 0.5) is 10.1 Å². The molecule has 0 spiro atoms. The average Bonchev–Trinajstić information content (AvgIpc) is 3.19. The lowest BCUT2D eigenvalue weighted by atomic mass is 10.1. The quantitative estimate of drug-likeness (QED) is 0.325. The van der Waals surface area contributed by atoms with Crippen LogP contribution < -0.4 is 0 Å². The molecule has 1 aromatic rings. The zero-order chi connectivity index (χ0) is 15.6. The first kappa shape index (κ1) is 16.2. The zero-order valence-corrected chi connectivity index (χ0v) is 13.6. The average molecular weight is 378 g/mol. The van der Waals surface area contributed by atoms with Gasteiger partial charge in [-0.05, 0) is 40.3 Å². The van der Waals surface area contributed by atoms with Crippen molar-refractivity contribution in [1.29, 1.82) is 0 Å². The summed E-state index contributed by atoms with van der Waals surface area (Å²) >= 11 is 4.15. The predicted molar refractivity (Wildman–Crippen MR) is 79.8 cm³/mol. The first-order chi connectivity index (χ1) is 9.87. The summed E-state index contributed by atoms with van der Waals surface area (Å²) in [7, 11) is 1.33. The van der Waals surface area contributed by atoms with Crippen molar-refractivity contribution in [2.45, 2.75) is 24.2 Å². The number of carbonyl (C=O) groups excluding carboxylic acids is 1. The highest BCUT2D eigenvalue weighted by atomic mass is 79.9. The Hall–Kier alpha value is -1.15. The van der Waals surface area contributed by atoms with E-state index >= 15 is 0 Å². The fourth-order valence-electron chi connectivity index (χ4n) is 1.93. The molecule has 0 heterocycles. The van der Waals surface area contributed by atoms with E-state index < -0.39 is 10.7 Å². The van der Waals surface area contributed by atoms with Crippen LogP contribution in [0.2, 0.25) is 0 Å². The number of nitro benzene ring substituents is 1. The molecular formula is C13H13BrFNO4S. The van der Waals surface area contributed by atoms with Crippen LogP contribution >= 0.6 is 27.7 Å². The summed E-state index contributed by atoms with van der Waals surface area (Å²) in [5, 5.41) is 11.0. The van der Waals surface area contributed by atoms with E-state index in [1.165, 1.54) is 18.9 Å². The highest BCUT2D eigenvalue weighted by molar-refractivity contribution is 9.10. The van der Waals surface area contributed by atoms with Gasteiger partial charge in [-0.1, -0.05) is 0 Å². The van der Waals surface area contributed by atoms with Crippen LogP contribution in [0.1, 0.15) is 19.3 Å². The summed E-state index contributed by atoms with van der Waals surface area (Å²) in [6.07, 6.45) is 2.05. The molecule has 0 aromatic heterocycles. The molecule has 1 aliphatic carbocycles. The first-order valence-electron chi connectivity index (χ1n) is 6.20. The van der Waals surface area contributed by atoms with E-state index in [4.69, 9.17) is 0 Å². The normalized spacial score (nSPS) is 15.6. The van der Waals surface area contributed by atoms with Crippen molar-refractivity contribution in [3.8, 4) is 0 Å². The smallest absolute Gasteiger partial charge is 0.306 e. The van der Waals surface area contributed by atoms with Crippen molar-refractivity contribution in [3.05, 3.63) is 32.5 Å². The van der Waals surface area contributed by atoms with Crippen molar-refractivity contribution < 1.29 is 18.8 Å². The number of carbonyl (C=O) groups is 1. The predicted octanol–water partition coefficient (Wildman–Crippen LogP) is 3.93. The number of ether oxygens (including phenoxy) is 1. The fraction of sp³-hybridized carbons (Fsp3) is 0.462. The minimum atomic E-state index is -0.541. The lowest BCUT2D eigenvalue weighted by Gasteiger charge is -2.13. The summed E-state index contributed by atoms with van der Waals surface area (Å²) in [6, 6.07) is 2.32. The SMILES string of the molecule is COC(=O)CC1(CSc2cc(F)c(Br)cc2[N+](=O)[O-])CC1. The largest absolute Gasteiger partial charge is 0.469 e. The van der Waals surface area contributed by atoms with Crippen LogP contribution in [-0.2, 0) is 9.53 Å². The van der Waals surface area contributed by atoms with Gasteiger partial charge < -0.3 is 4.74 Å². The standard InChI is InChI=1S/C13H13BrFNO4S/c1-20-12(17)6-13(2-3-13)7-21-11-5-9(15)8(14)4-10(11)16(18)19/h4-5H,2-3,6-7H2,1H3. The van der Waals surface area contributed by atoms with Gasteiger partial charge >= 0.3 is 5.97 Å². The molecule has 0 atom stereocenters. The van der Waals surface area contributed by atoms with Crippen LogP contribution in [0.15, 0.2) is 21.5 Å². The lowest BCUT2D eigenvalue weighted by molar-refractivity contribution is -0.387. The van der Waals surface area contributed by atoms with Crippen LogP contribution in [0.3, 0.4) is 0 Å². The van der Waals surface area contributed by atoms with Gasteiger partial charge in [-0.15, -0.1) is 11.8 Å². The van der Waals surface area contributed by atoms with Crippen molar-refractivity contribution in [2.75, 3.05) is 12.9 Å². The van der Waals surface area contributed by atoms with E-state index in [1.54, 1.807) is 0 Å². The maximum atomic E-state index is 13.6. The zero-order valence-electron chi connectivity index (χ0n) is 11.2. The molecule has 1 aliphatic rings. The Bertz CT molecular complexity index is 592. The number of hydrogen-bond donors (Lipinski definition) is 0. The van der Waals surface area contributed by atoms with Crippen LogP contribution in [0.25, 0.3) is 0 Å². The molecule has 1 fully saturated rings. The molecule has 0 N–H and O–H groups in total. The number of methoxy groups -OCH3 is 1. The van der Waals surface area contributed by atoms with Crippen LogP contribution in [0.5, 0.6) is 0 Å². The molecule has 1 aromatic carbocycles. The number of nitro groups is 1. The number of benzene rings is 1. The molecule has 0 radical (unpaired) electrons. The third-order valence-corrected chi connectivity index (χ3v) is 5.44. The molecule has 114 valence electrons. The minimum Gasteiger partial charge on any atom is -0.469 e. The molecule has 8 heteroatoms. The minimum absolute atomic E-state index is 0.0641. The molecule has 0 bridgehead atoms. The summed E-state index contributed by atoms with van der Waals surface area (Å²) < 4.78 is 18.3. The van der Waals surface area contributed by atoms with E-state index in [0.29, 0.717) is 12.2 Å². The number of rotatable bonds is 6. The Kier molecular flexibility index (Phi) is 4.88. The number of thioether (sulfide) groups is 1. The highest BCUT2D eigenvalue weighted by Gasteiger charge is 2.44. The van der Waals surface area contributed by atoms with Gasteiger partial charge in [0.1, 0.15) is 5.82 Å². The van der Waals surface area contributed by atoms with Gasteiger partial charge in [0.15, 0.2) is 0 Å². The van der Waals surface area contributed by atoms with Gasteiger partial charge in [0, 0.05) is 11.8 Å². The lowest BCUT2D eigenvalue weighted by Crippen LogP contribution is -2.13. The van der Waals surface area contributed by atoms with E-state index in [1.807, 2.05) is 0 Å². The number of esters is 1. The van der Waals surface area contributed by atoms with Crippen LogP contribution in [0, 0.1) is 21.3 Å². The molecule has 1 saturated carbocycles. The van der Waals surface area contributed by atoms with Crippen molar-refractivity contribution in [1.82, 2.24) is 0 Å². The number of nitrogens with zero attached hydrogens (tertiary/aromatic N) is 1. The van der Waals surface area contributed by atoms with E-state index in [0.717, 1.165) is 25.0 Å². The maximum absolute atomic E-state index is 13.6. The Labute approximate surface area is 133 Å². The Balaban J connectivity index is 2.11. The second kappa shape index (κ2) is 6.31. The Morgan fingerprint density at radius 2 is 2.24 bits per heavy atom. The number of halogens is 2. The molecule has 0 unspecified atom stereocenters. The topological polar surface area (TPSA) is 69.4 Å². The van der Waals surface area contributed by atoms with Crippen molar-refractivity contribution in [3.63, 3.8) is 0 Å². The molecule has 21 heavy (non-hydrogen) atoms. The highest BCUT2D eigenvalue weighted by Crippen LogP contribution is 2.52. The summed E-state index contributed by atoms with van der Waals surface area (Å²) in [6.45, 7) is 0. The van der Waals surface area contributed by atoms with E-state index in [-0.39, 0.29) is 26.4 Å². The molecule has 0 saturated heterocycles. The Morgan fingerprint density at radius 1 is 1.57 bits per heavy atom. The fourth-order valence-corrected chi connectivity index (χ4v) is 3.59. The van der Waals surface area contributed by atoms with E-state index in [2.05, 4.69) is 20.7 Å². The summed E-state index contributed by atoms with van der Waals surface area (Å²) in [4.78, 5) is 22.1. The van der Waals surface area contributed by atoms with Gasteiger partial charge in [0.2, 0.25) is 0 Å². The van der Waals surface area contributed by atoms with Gasteiger partial charge in [-0.25, -0.2) is 4.39 Å². The third kappa shape index (κ3) is 3.94. The number of hydrogen-bond acceptors (Lipinski definition) is 5. The van der Waals surface area contributed by atoms with Gasteiger partial charge in [-0.2, -0.15) is 0 Å². The van der Waals surface area contributed by atoms with Crippen molar-refractivity contribution in [2.24, 2.45) is 5.41 Å². The van der Waals surface area contributed by atoms with Crippen molar-refractivity contribution >= 4 is 39.3 Å². The molecule has 2 rings (SSSR count). The monoisotopic (exact) mass is 377 g/mol. The molecule has 5 nitrogen and oxygen atoms in total. The third-order valence-electron chi connectivity index (χ3n) is 3.44. The molecule has 0 aliphatic heterocycles. The van der Waals surface area contributed by atoms with E-state index in [9.17, 15) is 19.3 Å². The first-order valence-corrected chi connectivity index (χ1v) is 7.98. The van der Waals surface area contributed by atoms with Gasteiger partial charge in [0.05, 0.1) is 27.8 Å².